The first-order valence-corrected chi connectivity index (χ1v) is 5.63. The van der Waals surface area contributed by atoms with Gasteiger partial charge in [-0.05, 0) is 13.8 Å². The van der Waals surface area contributed by atoms with Gasteiger partial charge in [-0.15, -0.1) is 11.3 Å². The number of rotatable bonds is 4. The molecule has 0 atom stereocenters. The summed E-state index contributed by atoms with van der Waals surface area (Å²) in [6, 6.07) is -0.251. The van der Waals surface area contributed by atoms with Gasteiger partial charge in [0.15, 0.2) is 5.13 Å². The van der Waals surface area contributed by atoms with Crippen LogP contribution in [0.1, 0.15) is 18.7 Å². The van der Waals surface area contributed by atoms with Gasteiger partial charge in [-0.3, -0.25) is 0 Å². The number of aromatic nitrogens is 1. The van der Waals surface area contributed by atoms with Crippen LogP contribution in [0.4, 0.5) is 18.3 Å². The standard InChI is InChI=1S/C9H14F3N3S/c1-6(2)15(5-9(10,11)12)8-14-4-7(3-13)16-8/h4,6H,3,5,13H2,1-2H3. The van der Waals surface area contributed by atoms with Gasteiger partial charge in [-0.1, -0.05) is 0 Å². The van der Waals surface area contributed by atoms with Crippen molar-refractivity contribution in [1.29, 1.82) is 0 Å². The summed E-state index contributed by atoms with van der Waals surface area (Å²) in [4.78, 5) is 5.96. The van der Waals surface area contributed by atoms with Gasteiger partial charge in [0.05, 0.1) is 0 Å². The third-order valence-electron chi connectivity index (χ3n) is 1.96. The lowest BCUT2D eigenvalue weighted by Gasteiger charge is -2.26. The summed E-state index contributed by atoms with van der Waals surface area (Å²) in [5, 5.41) is 0.368. The summed E-state index contributed by atoms with van der Waals surface area (Å²) in [6.45, 7) is 2.72. The first-order valence-electron chi connectivity index (χ1n) is 4.81. The van der Waals surface area contributed by atoms with Crippen molar-refractivity contribution in [2.24, 2.45) is 5.73 Å². The number of hydrogen-bond donors (Lipinski definition) is 1. The minimum Gasteiger partial charge on any atom is -0.337 e. The monoisotopic (exact) mass is 253 g/mol. The van der Waals surface area contributed by atoms with E-state index in [1.54, 1.807) is 13.8 Å². The van der Waals surface area contributed by atoms with Gasteiger partial charge in [0.2, 0.25) is 0 Å². The first-order chi connectivity index (χ1) is 7.33. The highest BCUT2D eigenvalue weighted by Crippen LogP contribution is 2.27. The third kappa shape index (κ3) is 3.64. The minimum absolute atomic E-state index is 0.251. The maximum atomic E-state index is 12.4. The Labute approximate surface area is 96.1 Å². The molecule has 0 unspecified atom stereocenters. The average molecular weight is 253 g/mol. The summed E-state index contributed by atoms with van der Waals surface area (Å²) in [6.07, 6.45) is -2.70. The van der Waals surface area contributed by atoms with E-state index in [0.717, 1.165) is 4.88 Å². The lowest BCUT2D eigenvalue weighted by Crippen LogP contribution is -2.39. The Balaban J connectivity index is 2.85. The fourth-order valence-electron chi connectivity index (χ4n) is 1.19. The van der Waals surface area contributed by atoms with Gasteiger partial charge in [0.25, 0.3) is 0 Å². The zero-order valence-corrected chi connectivity index (χ0v) is 9.90. The van der Waals surface area contributed by atoms with Crippen molar-refractivity contribution < 1.29 is 13.2 Å². The summed E-state index contributed by atoms with van der Waals surface area (Å²) in [5.74, 6) is 0. The van der Waals surface area contributed by atoms with Gasteiger partial charge in [-0.2, -0.15) is 13.2 Å². The Bertz CT molecular complexity index is 335. The SMILES string of the molecule is CC(C)N(CC(F)(F)F)c1ncc(CN)s1. The number of hydrogen-bond acceptors (Lipinski definition) is 4. The molecule has 7 heteroatoms. The molecule has 2 N–H and O–H groups in total. The molecule has 0 aliphatic carbocycles. The van der Waals surface area contributed by atoms with Crippen molar-refractivity contribution >= 4 is 16.5 Å². The topological polar surface area (TPSA) is 42.2 Å². The Kier molecular flexibility index (Phi) is 4.15. The maximum absolute atomic E-state index is 12.4. The summed E-state index contributed by atoms with van der Waals surface area (Å²) in [5.41, 5.74) is 5.40. The Hall–Kier alpha value is -0.820. The molecule has 16 heavy (non-hydrogen) atoms. The highest BCUT2D eigenvalue weighted by atomic mass is 32.1. The molecule has 1 aromatic heterocycles. The number of nitrogens with zero attached hydrogens (tertiary/aromatic N) is 2. The maximum Gasteiger partial charge on any atom is 0.406 e. The third-order valence-corrected chi connectivity index (χ3v) is 3.02. The van der Waals surface area contributed by atoms with E-state index in [9.17, 15) is 13.2 Å². The molecule has 0 amide bonds. The molecule has 0 radical (unpaired) electrons. The van der Waals surface area contributed by atoms with E-state index >= 15 is 0 Å². The highest BCUT2D eigenvalue weighted by Gasteiger charge is 2.33. The normalized spacial score (nSPS) is 12.2. The second-order valence-electron chi connectivity index (χ2n) is 3.65. The first kappa shape index (κ1) is 13.2. The number of nitrogens with two attached hydrogens (primary N) is 1. The van der Waals surface area contributed by atoms with Gasteiger partial charge in [-0.25, -0.2) is 4.98 Å². The van der Waals surface area contributed by atoms with E-state index in [-0.39, 0.29) is 6.04 Å². The van der Waals surface area contributed by atoms with Crippen molar-refractivity contribution in [1.82, 2.24) is 4.98 Å². The minimum atomic E-state index is -4.22. The Morgan fingerprint density at radius 2 is 2.12 bits per heavy atom. The van der Waals surface area contributed by atoms with Crippen molar-refractivity contribution in [2.75, 3.05) is 11.4 Å². The lowest BCUT2D eigenvalue weighted by atomic mass is 10.3. The molecule has 0 aromatic carbocycles. The molecule has 0 fully saturated rings. The second kappa shape index (κ2) is 5.01. The molecule has 0 aliphatic rings. The van der Waals surface area contributed by atoms with E-state index in [1.165, 1.54) is 22.4 Å². The number of anilines is 1. The molecule has 0 spiro atoms. The smallest absolute Gasteiger partial charge is 0.337 e. The zero-order chi connectivity index (χ0) is 12.3. The Morgan fingerprint density at radius 3 is 2.50 bits per heavy atom. The highest BCUT2D eigenvalue weighted by molar-refractivity contribution is 7.15. The summed E-state index contributed by atoms with van der Waals surface area (Å²) < 4.78 is 37.1. The van der Waals surface area contributed by atoms with E-state index in [4.69, 9.17) is 5.73 Å². The van der Waals surface area contributed by atoms with Crippen molar-refractivity contribution in [2.45, 2.75) is 32.6 Å². The van der Waals surface area contributed by atoms with Crippen LogP contribution in [-0.2, 0) is 6.54 Å². The van der Waals surface area contributed by atoms with Crippen LogP contribution >= 0.6 is 11.3 Å². The molecule has 3 nitrogen and oxygen atoms in total. The quantitative estimate of drug-likeness (QED) is 0.895. The fourth-order valence-corrected chi connectivity index (χ4v) is 2.11. The molecule has 1 heterocycles. The van der Waals surface area contributed by atoms with Crippen molar-refractivity contribution in [3.63, 3.8) is 0 Å². The molecular weight excluding hydrogens is 239 g/mol. The molecular formula is C9H14F3N3S. The zero-order valence-electron chi connectivity index (χ0n) is 9.08. The molecule has 92 valence electrons. The number of alkyl halides is 3. The average Bonchev–Trinajstić information content (AvgIpc) is 2.60. The molecule has 1 aromatic rings. The van der Waals surface area contributed by atoms with Crippen LogP contribution in [0, 0.1) is 0 Å². The molecule has 1 rings (SSSR count). The van der Waals surface area contributed by atoms with Crippen LogP contribution in [0.2, 0.25) is 0 Å². The predicted octanol–water partition coefficient (Wildman–Crippen LogP) is 2.38. The fraction of sp³-hybridized carbons (Fsp3) is 0.667. The summed E-state index contributed by atoms with van der Waals surface area (Å²) in [7, 11) is 0. The van der Waals surface area contributed by atoms with Gasteiger partial charge in [0.1, 0.15) is 6.54 Å². The van der Waals surface area contributed by atoms with Crippen LogP contribution in [0.15, 0.2) is 6.20 Å². The van der Waals surface area contributed by atoms with Crippen LogP contribution in [-0.4, -0.2) is 23.7 Å². The van der Waals surface area contributed by atoms with Gasteiger partial charge in [0, 0.05) is 23.7 Å². The van der Waals surface area contributed by atoms with Crippen molar-refractivity contribution in [3.8, 4) is 0 Å². The van der Waals surface area contributed by atoms with Crippen molar-refractivity contribution in [3.05, 3.63) is 11.1 Å². The number of halogens is 3. The van der Waals surface area contributed by atoms with Gasteiger partial charge < -0.3 is 10.6 Å². The number of thiazole rings is 1. The molecule has 0 saturated heterocycles. The largest absolute Gasteiger partial charge is 0.406 e. The predicted molar refractivity (Wildman–Crippen MR) is 58.5 cm³/mol. The molecule has 0 saturated carbocycles. The van der Waals surface area contributed by atoms with Crippen LogP contribution in [0.3, 0.4) is 0 Å². The van der Waals surface area contributed by atoms with E-state index in [2.05, 4.69) is 4.98 Å². The Morgan fingerprint density at radius 1 is 1.50 bits per heavy atom. The van der Waals surface area contributed by atoms with Crippen LogP contribution in [0.25, 0.3) is 0 Å². The van der Waals surface area contributed by atoms with E-state index < -0.39 is 12.7 Å². The summed E-state index contributed by atoms with van der Waals surface area (Å²) >= 11 is 1.20. The van der Waals surface area contributed by atoms with E-state index in [1.807, 2.05) is 0 Å². The lowest BCUT2D eigenvalue weighted by molar-refractivity contribution is -0.120. The van der Waals surface area contributed by atoms with Crippen LogP contribution in [0.5, 0.6) is 0 Å². The molecule has 0 aliphatic heterocycles. The van der Waals surface area contributed by atoms with Crippen LogP contribution < -0.4 is 10.6 Å². The molecule has 0 bridgehead atoms. The second-order valence-corrected chi connectivity index (χ2v) is 4.74. The van der Waals surface area contributed by atoms with E-state index in [0.29, 0.717) is 11.7 Å². The van der Waals surface area contributed by atoms with Gasteiger partial charge >= 0.3 is 6.18 Å².